The van der Waals surface area contributed by atoms with Gasteiger partial charge >= 0.3 is 0 Å². The van der Waals surface area contributed by atoms with Crippen LogP contribution in [-0.4, -0.2) is 5.11 Å². The predicted octanol–water partition coefficient (Wildman–Crippen LogP) is 3.29. The van der Waals surface area contributed by atoms with Crippen LogP contribution in [0.2, 0.25) is 0 Å². The van der Waals surface area contributed by atoms with Crippen LogP contribution >= 0.6 is 0 Å². The lowest BCUT2D eigenvalue weighted by atomic mass is 9.87. The molecule has 0 bridgehead atoms. The summed E-state index contributed by atoms with van der Waals surface area (Å²) in [5.74, 6) is -2.52. The van der Waals surface area contributed by atoms with Gasteiger partial charge in [-0.05, 0) is 36.1 Å². The minimum atomic E-state index is -1.66. The van der Waals surface area contributed by atoms with E-state index in [9.17, 15) is 18.3 Å². The van der Waals surface area contributed by atoms with Gasteiger partial charge in [-0.25, -0.2) is 13.2 Å². The number of halogens is 3. The average molecular weight is 264 g/mol. The van der Waals surface area contributed by atoms with Gasteiger partial charge in [0.25, 0.3) is 0 Å². The van der Waals surface area contributed by atoms with Crippen LogP contribution in [0.3, 0.4) is 0 Å². The predicted molar refractivity (Wildman–Crippen MR) is 64.1 cm³/mol. The monoisotopic (exact) mass is 264 g/mol. The van der Waals surface area contributed by atoms with E-state index in [2.05, 4.69) is 0 Å². The molecule has 0 heterocycles. The van der Waals surface area contributed by atoms with Gasteiger partial charge in [-0.15, -0.1) is 0 Å². The largest absolute Gasteiger partial charge is 0.380 e. The molecule has 1 aliphatic carbocycles. The number of hydrogen-bond acceptors (Lipinski definition) is 1. The van der Waals surface area contributed by atoms with Gasteiger partial charge in [0.05, 0.1) is 0 Å². The Bertz CT molecular complexity index is 654. The van der Waals surface area contributed by atoms with Crippen LogP contribution in [0.4, 0.5) is 13.2 Å². The van der Waals surface area contributed by atoms with Gasteiger partial charge in [0.1, 0.15) is 11.4 Å². The van der Waals surface area contributed by atoms with Crippen molar-refractivity contribution in [3.05, 3.63) is 70.5 Å². The molecule has 19 heavy (non-hydrogen) atoms. The highest BCUT2D eigenvalue weighted by Gasteiger charge is 2.41. The Morgan fingerprint density at radius 1 is 0.895 bits per heavy atom. The zero-order valence-corrected chi connectivity index (χ0v) is 9.96. The van der Waals surface area contributed by atoms with Crippen molar-refractivity contribution in [3.63, 3.8) is 0 Å². The summed E-state index contributed by atoms with van der Waals surface area (Å²) in [5, 5.41) is 10.7. The van der Waals surface area contributed by atoms with Gasteiger partial charge in [0, 0.05) is 5.56 Å². The Labute approximate surface area is 108 Å². The summed E-state index contributed by atoms with van der Waals surface area (Å²) in [7, 11) is 0. The second-order valence-electron chi connectivity index (χ2n) is 4.73. The van der Waals surface area contributed by atoms with Crippen LogP contribution < -0.4 is 0 Å². The van der Waals surface area contributed by atoms with Crippen LogP contribution in [0.1, 0.15) is 23.1 Å². The SMILES string of the molecule is OC1(c2cccc(F)c2F)CCc2c(F)cccc21. The standard InChI is InChI=1S/C15H11F3O/c16-12-5-1-3-10-9(12)7-8-15(10,19)11-4-2-6-13(17)14(11)18/h1-6,19H,7-8H2. The van der Waals surface area contributed by atoms with Crippen molar-refractivity contribution in [2.24, 2.45) is 0 Å². The molecule has 0 spiro atoms. The summed E-state index contributed by atoms with van der Waals surface area (Å²) >= 11 is 0. The van der Waals surface area contributed by atoms with E-state index in [0.717, 1.165) is 6.07 Å². The number of hydrogen-bond donors (Lipinski definition) is 1. The van der Waals surface area contributed by atoms with Gasteiger partial charge in [-0.3, -0.25) is 0 Å². The first-order valence-electron chi connectivity index (χ1n) is 5.99. The van der Waals surface area contributed by atoms with E-state index in [1.54, 1.807) is 6.07 Å². The van der Waals surface area contributed by atoms with E-state index in [4.69, 9.17) is 0 Å². The third kappa shape index (κ3) is 1.67. The van der Waals surface area contributed by atoms with Gasteiger partial charge < -0.3 is 5.11 Å². The van der Waals surface area contributed by atoms with Gasteiger partial charge in [-0.1, -0.05) is 24.3 Å². The molecule has 4 heteroatoms. The Morgan fingerprint density at radius 2 is 1.53 bits per heavy atom. The molecule has 0 saturated carbocycles. The Morgan fingerprint density at radius 3 is 2.26 bits per heavy atom. The molecule has 2 aromatic rings. The topological polar surface area (TPSA) is 20.2 Å². The van der Waals surface area contributed by atoms with Crippen molar-refractivity contribution in [1.29, 1.82) is 0 Å². The Balaban J connectivity index is 2.22. The molecule has 1 nitrogen and oxygen atoms in total. The maximum Gasteiger partial charge on any atom is 0.165 e. The molecule has 0 aromatic heterocycles. The first-order valence-corrected chi connectivity index (χ1v) is 5.99. The number of benzene rings is 2. The van der Waals surface area contributed by atoms with Gasteiger partial charge in [0.2, 0.25) is 0 Å². The number of rotatable bonds is 1. The lowest BCUT2D eigenvalue weighted by Crippen LogP contribution is -2.25. The van der Waals surface area contributed by atoms with E-state index in [-0.39, 0.29) is 12.0 Å². The van der Waals surface area contributed by atoms with E-state index < -0.39 is 23.1 Å². The molecule has 1 aliphatic rings. The highest BCUT2D eigenvalue weighted by atomic mass is 19.2. The number of fused-ring (bicyclic) bond motifs is 1. The summed E-state index contributed by atoms with van der Waals surface area (Å²) in [5.41, 5.74) is -1.12. The lowest BCUT2D eigenvalue weighted by molar-refractivity contribution is 0.0780. The molecule has 0 radical (unpaired) electrons. The van der Waals surface area contributed by atoms with E-state index in [1.807, 2.05) is 0 Å². The zero-order chi connectivity index (χ0) is 13.6. The van der Waals surface area contributed by atoms with E-state index in [0.29, 0.717) is 17.5 Å². The van der Waals surface area contributed by atoms with Crippen LogP contribution in [0.5, 0.6) is 0 Å². The molecule has 2 aromatic carbocycles. The first-order chi connectivity index (χ1) is 9.04. The molecular formula is C15H11F3O. The highest BCUT2D eigenvalue weighted by molar-refractivity contribution is 5.46. The molecule has 98 valence electrons. The van der Waals surface area contributed by atoms with Crippen molar-refractivity contribution >= 4 is 0 Å². The average Bonchev–Trinajstić information content (AvgIpc) is 2.73. The molecule has 0 fully saturated rings. The number of aliphatic hydroxyl groups is 1. The summed E-state index contributed by atoms with van der Waals surface area (Å²) in [4.78, 5) is 0. The molecule has 0 saturated heterocycles. The molecule has 1 N–H and O–H groups in total. The van der Waals surface area contributed by atoms with Crippen molar-refractivity contribution in [1.82, 2.24) is 0 Å². The van der Waals surface area contributed by atoms with E-state index >= 15 is 0 Å². The maximum atomic E-state index is 13.9. The normalized spacial score (nSPS) is 21.5. The molecule has 0 amide bonds. The van der Waals surface area contributed by atoms with Gasteiger partial charge in [-0.2, -0.15) is 0 Å². The maximum absolute atomic E-state index is 13.9. The lowest BCUT2D eigenvalue weighted by Gasteiger charge is -2.25. The fourth-order valence-corrected chi connectivity index (χ4v) is 2.74. The third-order valence-electron chi connectivity index (χ3n) is 3.70. The van der Waals surface area contributed by atoms with Crippen molar-refractivity contribution in [2.45, 2.75) is 18.4 Å². The summed E-state index contributed by atoms with van der Waals surface area (Å²) in [6.45, 7) is 0. The quantitative estimate of drug-likeness (QED) is 0.838. The molecule has 3 rings (SSSR count). The fraction of sp³-hybridized carbons (Fsp3) is 0.200. The van der Waals surface area contributed by atoms with Crippen LogP contribution in [0.25, 0.3) is 0 Å². The van der Waals surface area contributed by atoms with Gasteiger partial charge in [0.15, 0.2) is 11.6 Å². The highest BCUT2D eigenvalue weighted by Crippen LogP contribution is 2.43. The molecule has 0 aliphatic heterocycles. The summed E-state index contributed by atoms with van der Waals surface area (Å²) < 4.78 is 40.8. The fourth-order valence-electron chi connectivity index (χ4n) is 2.74. The van der Waals surface area contributed by atoms with Crippen LogP contribution in [0.15, 0.2) is 36.4 Å². The summed E-state index contributed by atoms with van der Waals surface area (Å²) in [6.07, 6.45) is 0.443. The minimum Gasteiger partial charge on any atom is -0.380 e. The molecule has 1 unspecified atom stereocenters. The van der Waals surface area contributed by atoms with Crippen LogP contribution in [0, 0.1) is 17.5 Å². The first kappa shape index (κ1) is 12.2. The zero-order valence-electron chi connectivity index (χ0n) is 9.96. The second kappa shape index (κ2) is 4.10. The van der Waals surface area contributed by atoms with Crippen molar-refractivity contribution < 1.29 is 18.3 Å². The second-order valence-corrected chi connectivity index (χ2v) is 4.73. The Kier molecular flexibility index (Phi) is 2.64. The van der Waals surface area contributed by atoms with Crippen LogP contribution in [-0.2, 0) is 12.0 Å². The Hall–Kier alpha value is -1.81. The smallest absolute Gasteiger partial charge is 0.165 e. The van der Waals surface area contributed by atoms with Crippen molar-refractivity contribution in [3.8, 4) is 0 Å². The van der Waals surface area contributed by atoms with Crippen molar-refractivity contribution in [2.75, 3.05) is 0 Å². The van der Waals surface area contributed by atoms with E-state index in [1.165, 1.54) is 24.3 Å². The molecular weight excluding hydrogens is 253 g/mol. The summed E-state index contributed by atoms with van der Waals surface area (Å²) in [6, 6.07) is 7.97. The third-order valence-corrected chi connectivity index (χ3v) is 3.70. The molecule has 1 atom stereocenters. The minimum absolute atomic E-state index is 0.142.